The molecule has 0 saturated carbocycles. The van der Waals surface area contributed by atoms with Gasteiger partial charge >= 0.3 is 5.82 Å². The number of nitrogens with zero attached hydrogens (tertiary/aromatic N) is 3. The summed E-state index contributed by atoms with van der Waals surface area (Å²) in [5, 5.41) is 10.8. The third-order valence-electron chi connectivity index (χ3n) is 2.25. The van der Waals surface area contributed by atoms with E-state index in [1.54, 1.807) is 37.4 Å². The molecule has 18 heavy (non-hydrogen) atoms. The van der Waals surface area contributed by atoms with Crippen molar-refractivity contribution < 1.29 is 9.66 Å². The van der Waals surface area contributed by atoms with Crippen LogP contribution in [0.1, 0.15) is 11.4 Å². The van der Waals surface area contributed by atoms with Crippen LogP contribution in [0.15, 0.2) is 36.5 Å². The van der Waals surface area contributed by atoms with Gasteiger partial charge in [-0.15, -0.1) is 0 Å². The van der Waals surface area contributed by atoms with Gasteiger partial charge in [0.2, 0.25) is 5.75 Å². The highest BCUT2D eigenvalue weighted by Gasteiger charge is 2.17. The second kappa shape index (κ2) is 5.22. The Labute approximate surface area is 103 Å². The average Bonchev–Trinajstić information content (AvgIpc) is 2.38. The highest BCUT2D eigenvalue weighted by Crippen LogP contribution is 2.24. The quantitative estimate of drug-likeness (QED) is 0.609. The van der Waals surface area contributed by atoms with Gasteiger partial charge in [0.15, 0.2) is 0 Å². The van der Waals surface area contributed by atoms with Crippen LogP contribution in [-0.4, -0.2) is 14.9 Å². The molecule has 0 fully saturated rings. The first kappa shape index (κ1) is 12.0. The maximum absolute atomic E-state index is 10.8. The summed E-state index contributed by atoms with van der Waals surface area (Å²) in [5.74, 6) is -0.123. The monoisotopic (exact) mass is 245 g/mol. The fourth-order valence-corrected chi connectivity index (χ4v) is 1.41. The van der Waals surface area contributed by atoms with Gasteiger partial charge in [-0.3, -0.25) is 4.98 Å². The van der Waals surface area contributed by atoms with Crippen LogP contribution in [-0.2, 0) is 6.61 Å². The lowest BCUT2D eigenvalue weighted by molar-refractivity contribution is -0.390. The van der Waals surface area contributed by atoms with Crippen molar-refractivity contribution in [3.8, 4) is 5.75 Å². The molecule has 0 amide bonds. The molecule has 6 heteroatoms. The zero-order chi connectivity index (χ0) is 13.0. The van der Waals surface area contributed by atoms with E-state index in [-0.39, 0.29) is 18.2 Å². The van der Waals surface area contributed by atoms with E-state index in [9.17, 15) is 10.1 Å². The molecule has 2 rings (SSSR count). The molecule has 0 spiro atoms. The lowest BCUT2D eigenvalue weighted by atomic mass is 10.3. The Bertz CT molecular complexity index is 558. The van der Waals surface area contributed by atoms with E-state index in [1.807, 2.05) is 6.07 Å². The smallest absolute Gasteiger partial charge is 0.406 e. The number of rotatable bonds is 4. The lowest BCUT2D eigenvalue weighted by Gasteiger charge is -2.05. The first-order valence-electron chi connectivity index (χ1n) is 5.31. The van der Waals surface area contributed by atoms with Gasteiger partial charge in [0, 0.05) is 13.1 Å². The summed E-state index contributed by atoms with van der Waals surface area (Å²) < 4.78 is 5.37. The number of hydrogen-bond donors (Lipinski definition) is 0. The maximum Gasteiger partial charge on any atom is 0.406 e. The van der Waals surface area contributed by atoms with Crippen molar-refractivity contribution in [2.24, 2.45) is 0 Å². The number of nitro groups is 1. The molecule has 0 bridgehead atoms. The molecule has 2 heterocycles. The van der Waals surface area contributed by atoms with Gasteiger partial charge in [0.1, 0.15) is 12.3 Å². The van der Waals surface area contributed by atoms with Gasteiger partial charge in [-0.1, -0.05) is 6.07 Å². The molecule has 2 aromatic rings. The van der Waals surface area contributed by atoms with Crippen LogP contribution in [0.2, 0.25) is 0 Å². The minimum absolute atomic E-state index is 0.149. The van der Waals surface area contributed by atoms with Crippen LogP contribution < -0.4 is 4.74 Å². The van der Waals surface area contributed by atoms with Crippen molar-refractivity contribution in [1.29, 1.82) is 0 Å². The van der Waals surface area contributed by atoms with Crippen LogP contribution in [0.5, 0.6) is 5.75 Å². The predicted octanol–water partition coefficient (Wildman–Crippen LogP) is 2.27. The van der Waals surface area contributed by atoms with Crippen molar-refractivity contribution >= 4 is 5.82 Å². The Hall–Kier alpha value is -2.50. The topological polar surface area (TPSA) is 78.2 Å². The number of ether oxygens (including phenoxy) is 1. The van der Waals surface area contributed by atoms with E-state index in [0.717, 1.165) is 0 Å². The van der Waals surface area contributed by atoms with E-state index in [4.69, 9.17) is 4.74 Å². The Balaban J connectivity index is 2.17. The zero-order valence-corrected chi connectivity index (χ0v) is 9.74. The molecule has 0 radical (unpaired) electrons. The van der Waals surface area contributed by atoms with Crippen LogP contribution in [0.3, 0.4) is 0 Å². The Kier molecular flexibility index (Phi) is 3.47. The molecule has 0 aliphatic rings. The van der Waals surface area contributed by atoms with Gasteiger partial charge in [0.25, 0.3) is 0 Å². The van der Waals surface area contributed by atoms with Gasteiger partial charge in [0.05, 0.1) is 5.69 Å². The summed E-state index contributed by atoms with van der Waals surface area (Å²) in [6.45, 7) is 1.86. The summed E-state index contributed by atoms with van der Waals surface area (Å²) in [6.07, 6.45) is 1.64. The summed E-state index contributed by atoms with van der Waals surface area (Å²) in [5.41, 5.74) is 1.28. The second-order valence-electron chi connectivity index (χ2n) is 3.64. The lowest BCUT2D eigenvalue weighted by Crippen LogP contribution is -2.02. The summed E-state index contributed by atoms with van der Waals surface area (Å²) in [7, 11) is 0. The first-order chi connectivity index (χ1) is 8.66. The van der Waals surface area contributed by atoms with Crippen molar-refractivity contribution in [1.82, 2.24) is 9.97 Å². The van der Waals surface area contributed by atoms with E-state index in [2.05, 4.69) is 9.97 Å². The highest BCUT2D eigenvalue weighted by atomic mass is 16.6. The molecule has 0 aliphatic carbocycles. The minimum Gasteiger partial charge on any atom is -0.479 e. The summed E-state index contributed by atoms with van der Waals surface area (Å²) >= 11 is 0. The van der Waals surface area contributed by atoms with E-state index < -0.39 is 4.92 Å². The predicted molar refractivity (Wildman–Crippen MR) is 64.2 cm³/mol. The Morgan fingerprint density at radius 3 is 2.83 bits per heavy atom. The average molecular weight is 245 g/mol. The molecule has 92 valence electrons. The van der Waals surface area contributed by atoms with Crippen molar-refractivity contribution in [3.05, 3.63) is 58.0 Å². The third kappa shape index (κ3) is 2.79. The zero-order valence-electron chi connectivity index (χ0n) is 9.74. The molecular weight excluding hydrogens is 234 g/mol. The Morgan fingerprint density at radius 1 is 1.33 bits per heavy atom. The molecule has 2 aromatic heterocycles. The molecule has 0 aliphatic heterocycles. The van der Waals surface area contributed by atoms with E-state index in [1.165, 1.54) is 0 Å². The van der Waals surface area contributed by atoms with Gasteiger partial charge in [-0.25, -0.2) is 0 Å². The van der Waals surface area contributed by atoms with Crippen LogP contribution in [0.4, 0.5) is 5.82 Å². The van der Waals surface area contributed by atoms with Crippen molar-refractivity contribution in [2.45, 2.75) is 13.5 Å². The van der Waals surface area contributed by atoms with Crippen molar-refractivity contribution in [3.63, 3.8) is 0 Å². The van der Waals surface area contributed by atoms with Gasteiger partial charge in [-0.2, -0.15) is 0 Å². The number of aryl methyl sites for hydroxylation is 1. The fraction of sp³-hybridized carbons (Fsp3) is 0.167. The molecule has 6 nitrogen and oxygen atoms in total. The fourth-order valence-electron chi connectivity index (χ4n) is 1.41. The third-order valence-corrected chi connectivity index (χ3v) is 2.25. The van der Waals surface area contributed by atoms with Crippen LogP contribution in [0.25, 0.3) is 0 Å². The summed E-state index contributed by atoms with van der Waals surface area (Å²) in [4.78, 5) is 18.2. The molecule has 0 unspecified atom stereocenters. The molecule has 0 atom stereocenters. The highest BCUT2D eigenvalue weighted by molar-refractivity contribution is 5.40. The van der Waals surface area contributed by atoms with E-state index in [0.29, 0.717) is 11.4 Å². The standard InChI is InChI=1S/C12H11N3O3/c1-9-5-6-11(12(14-9)15(16)17)18-8-10-4-2-3-7-13-10/h2-7H,8H2,1H3. The van der Waals surface area contributed by atoms with Crippen molar-refractivity contribution in [2.75, 3.05) is 0 Å². The molecule has 0 N–H and O–H groups in total. The second-order valence-corrected chi connectivity index (χ2v) is 3.64. The normalized spacial score (nSPS) is 10.1. The first-order valence-corrected chi connectivity index (χ1v) is 5.31. The van der Waals surface area contributed by atoms with E-state index >= 15 is 0 Å². The van der Waals surface area contributed by atoms with Gasteiger partial charge in [-0.05, 0) is 34.2 Å². The number of hydrogen-bond acceptors (Lipinski definition) is 5. The Morgan fingerprint density at radius 2 is 2.17 bits per heavy atom. The molecule has 0 aromatic carbocycles. The minimum atomic E-state index is -0.555. The molecular formula is C12H11N3O3. The van der Waals surface area contributed by atoms with Crippen LogP contribution in [0, 0.1) is 17.0 Å². The van der Waals surface area contributed by atoms with Gasteiger partial charge < -0.3 is 14.9 Å². The SMILES string of the molecule is Cc1ccc(OCc2ccccn2)c([N+](=O)[O-])n1. The number of pyridine rings is 2. The largest absolute Gasteiger partial charge is 0.479 e. The molecule has 0 saturated heterocycles. The maximum atomic E-state index is 10.8. The number of aromatic nitrogens is 2. The van der Waals surface area contributed by atoms with Crippen LogP contribution >= 0.6 is 0 Å². The summed E-state index contributed by atoms with van der Waals surface area (Å²) in [6, 6.07) is 8.62.